The van der Waals surface area contributed by atoms with Gasteiger partial charge in [-0.1, -0.05) is 43.2 Å². The van der Waals surface area contributed by atoms with E-state index in [0.717, 1.165) is 4.90 Å². The summed E-state index contributed by atoms with van der Waals surface area (Å²) in [5, 5.41) is 66.2. The van der Waals surface area contributed by atoms with Crippen molar-refractivity contribution in [1.29, 1.82) is 0 Å². The summed E-state index contributed by atoms with van der Waals surface area (Å²) in [5.41, 5.74) is 21.3. The summed E-state index contributed by atoms with van der Waals surface area (Å²) >= 11 is 0. The number of terminal acetylenes is 1. The van der Waals surface area contributed by atoms with E-state index in [1.807, 2.05) is 0 Å². The van der Waals surface area contributed by atoms with Gasteiger partial charge in [0.05, 0.1) is 18.5 Å². The molecule has 1 fully saturated rings. The molecule has 0 radical (unpaired) electrons. The minimum atomic E-state index is -2.01. The number of benzene rings is 2. The Labute approximate surface area is 434 Å². The van der Waals surface area contributed by atoms with E-state index in [2.05, 4.69) is 47.8 Å². The third-order valence-electron chi connectivity index (χ3n) is 11.8. The fraction of sp³-hybridized carbons (Fsp3) is 0.479. The third kappa shape index (κ3) is 19.5. The summed E-state index contributed by atoms with van der Waals surface area (Å²) in [7, 11) is 0. The van der Waals surface area contributed by atoms with Crippen LogP contribution in [0.15, 0.2) is 53.6 Å². The molecule has 1 unspecified atom stereocenters. The number of azide groups is 1. The zero-order chi connectivity index (χ0) is 56.8. The smallest absolute Gasteiger partial charge is 0.305 e. The van der Waals surface area contributed by atoms with Gasteiger partial charge < -0.3 is 73.8 Å². The summed E-state index contributed by atoms with van der Waals surface area (Å²) < 4.78 is 0. The number of rotatable bonds is 30. The number of carbonyl (C=O) groups is 11. The molecule has 0 saturated carbocycles. The van der Waals surface area contributed by atoms with E-state index in [4.69, 9.17) is 17.9 Å². The van der Waals surface area contributed by atoms with E-state index in [1.54, 1.807) is 13.8 Å². The van der Waals surface area contributed by atoms with Crippen LogP contribution >= 0.6 is 0 Å². The third-order valence-corrected chi connectivity index (χ3v) is 11.8. The molecule has 2 aromatic rings. The summed E-state index contributed by atoms with van der Waals surface area (Å²) in [6.07, 6.45) is 1.17. The first kappa shape index (κ1) is 61.3. The van der Waals surface area contributed by atoms with Gasteiger partial charge in [0, 0.05) is 37.1 Å². The Balaban J connectivity index is 1.91. The van der Waals surface area contributed by atoms with Crippen molar-refractivity contribution in [3.05, 3.63) is 70.1 Å². The number of phenolic OH excluding ortho intramolecular Hbond substituents is 2. The van der Waals surface area contributed by atoms with E-state index < -0.39 is 152 Å². The minimum absolute atomic E-state index is 0.00540. The number of amides is 8. The number of hydrogen-bond acceptors (Lipinski definition) is 15. The Morgan fingerprint density at radius 1 is 0.711 bits per heavy atom. The number of carbonyl (C=O) groups excluding carboxylic acids is 8. The minimum Gasteiger partial charge on any atom is -0.508 e. The van der Waals surface area contributed by atoms with E-state index in [9.17, 15) is 83.8 Å². The average Bonchev–Trinajstić information content (AvgIpc) is 3.85. The monoisotopic (exact) mass is 1060 g/mol. The Morgan fingerprint density at radius 3 is 1.75 bits per heavy atom. The second-order valence-electron chi connectivity index (χ2n) is 18.1. The van der Waals surface area contributed by atoms with Crippen LogP contribution in [0.25, 0.3) is 10.4 Å². The van der Waals surface area contributed by atoms with Crippen LogP contribution < -0.4 is 43.4 Å². The number of aromatic hydroxyl groups is 2. The molecule has 28 nitrogen and oxygen atoms in total. The lowest BCUT2D eigenvalue weighted by Gasteiger charge is -2.31. The van der Waals surface area contributed by atoms with Crippen molar-refractivity contribution in [1.82, 2.24) is 36.8 Å². The predicted octanol–water partition coefficient (Wildman–Crippen LogP) is -1.32. The molecule has 2 aromatic carbocycles. The van der Waals surface area contributed by atoms with Crippen LogP contribution in [0.4, 0.5) is 0 Å². The van der Waals surface area contributed by atoms with Crippen molar-refractivity contribution in [2.45, 2.75) is 132 Å². The lowest BCUT2D eigenvalue weighted by atomic mass is 9.98. The molecular formula is C48H62N12O16. The Kier molecular flexibility index (Phi) is 23.9. The topological polar surface area (TPSA) is 465 Å². The number of carboxylic acids is 3. The molecule has 1 heterocycles. The number of nitrogens with zero attached hydrogens (tertiary/aromatic N) is 4. The Hall–Kier alpha value is -8.96. The van der Waals surface area contributed by atoms with Crippen molar-refractivity contribution >= 4 is 65.2 Å². The van der Waals surface area contributed by atoms with Crippen molar-refractivity contribution < 1.29 is 78.3 Å². The average molecular weight is 1060 g/mol. The van der Waals surface area contributed by atoms with Crippen LogP contribution in [0.1, 0.15) is 88.8 Å². The Bertz CT molecular complexity index is 2550. The van der Waals surface area contributed by atoms with Crippen molar-refractivity contribution in [2.75, 3.05) is 6.54 Å². The number of hydrogen-bond donors (Lipinski definition) is 13. The van der Waals surface area contributed by atoms with E-state index >= 15 is 0 Å². The summed E-state index contributed by atoms with van der Waals surface area (Å²) in [5.74, 6) is -11.2. The van der Waals surface area contributed by atoms with Crippen LogP contribution in [0.2, 0.25) is 0 Å². The maximum atomic E-state index is 14.3. The van der Waals surface area contributed by atoms with Gasteiger partial charge in [-0.05, 0) is 78.9 Å². The van der Waals surface area contributed by atoms with Crippen LogP contribution in [-0.2, 0) is 59.2 Å². The van der Waals surface area contributed by atoms with E-state index in [1.165, 1.54) is 48.5 Å². The van der Waals surface area contributed by atoms with Gasteiger partial charge in [-0.25, -0.2) is 0 Å². The molecule has 28 heteroatoms. The SMILES string of the molecule is C#CC[C@H](NC(=O)[C@H](CCC(=O)O)NC(=O)[C@H](CC(C)C)NC(=O)[C@@H]1CCCN1C(=O)[C@H](CCC(=O)O)NC(=O)[C@H](CC(=O)O)NC(=O)[C@H](Cc1ccc(O)cc1)NC(=O)[C@@H](N)C(N=[N+]=[N-])c1ccc(O)cc1)C(N)=O. The number of nitrogens with one attached hydrogen (secondary N) is 6. The molecule has 1 aliphatic rings. The van der Waals surface area contributed by atoms with Gasteiger partial charge in [-0.15, -0.1) is 12.3 Å². The van der Waals surface area contributed by atoms with Gasteiger partial charge in [-0.3, -0.25) is 52.7 Å². The largest absolute Gasteiger partial charge is 0.508 e. The molecule has 0 aromatic heterocycles. The van der Waals surface area contributed by atoms with Crippen molar-refractivity contribution in [3.8, 4) is 23.8 Å². The lowest BCUT2D eigenvalue weighted by Crippen LogP contribution is -2.60. The molecule has 410 valence electrons. The second kappa shape index (κ2) is 29.7. The van der Waals surface area contributed by atoms with Gasteiger partial charge in [0.2, 0.25) is 47.3 Å². The zero-order valence-electron chi connectivity index (χ0n) is 41.4. The van der Waals surface area contributed by atoms with E-state index in [-0.39, 0.29) is 61.6 Å². The van der Waals surface area contributed by atoms with Gasteiger partial charge in [0.25, 0.3) is 0 Å². The quantitative estimate of drug-likeness (QED) is 0.0187. The molecule has 76 heavy (non-hydrogen) atoms. The Morgan fingerprint density at radius 2 is 1.21 bits per heavy atom. The van der Waals surface area contributed by atoms with Crippen LogP contribution in [0, 0.1) is 18.3 Å². The normalized spacial score (nSPS) is 16.0. The van der Waals surface area contributed by atoms with Crippen LogP contribution in [-0.4, -0.2) is 150 Å². The maximum Gasteiger partial charge on any atom is 0.305 e. The summed E-state index contributed by atoms with van der Waals surface area (Å²) in [6, 6.07) is -3.70. The highest BCUT2D eigenvalue weighted by Gasteiger charge is 2.41. The van der Waals surface area contributed by atoms with Gasteiger partial charge >= 0.3 is 17.9 Å². The fourth-order valence-corrected chi connectivity index (χ4v) is 7.91. The highest BCUT2D eigenvalue weighted by molar-refractivity contribution is 5.99. The predicted molar refractivity (Wildman–Crippen MR) is 264 cm³/mol. The first-order valence-corrected chi connectivity index (χ1v) is 23.7. The molecule has 9 atom stereocenters. The van der Waals surface area contributed by atoms with Gasteiger partial charge in [0.1, 0.15) is 53.8 Å². The van der Waals surface area contributed by atoms with Crippen molar-refractivity contribution in [2.24, 2.45) is 22.5 Å². The fourth-order valence-electron chi connectivity index (χ4n) is 7.91. The van der Waals surface area contributed by atoms with Crippen LogP contribution in [0.5, 0.6) is 11.5 Å². The summed E-state index contributed by atoms with van der Waals surface area (Å²) in [6.45, 7) is 3.27. The molecule has 15 N–H and O–H groups in total. The number of carboxylic acid groups (broad SMARTS) is 3. The van der Waals surface area contributed by atoms with Gasteiger partial charge in [-0.2, -0.15) is 0 Å². The number of aliphatic carboxylic acids is 3. The molecule has 8 amide bonds. The van der Waals surface area contributed by atoms with Crippen LogP contribution in [0.3, 0.4) is 0 Å². The first-order valence-electron chi connectivity index (χ1n) is 23.7. The standard InChI is InChI=1S/C48H62N12O16/c1-4-6-29(41(50)69)52-42(70)30(16-18-36(63)64)53-43(71)32(21-24(2)3)56-46(74)35-7-5-20-60(35)48(76)31(17-19-37(65)66)54-45(73)34(23-38(67)68)55-44(72)33(22-25-8-12-27(61)13-9-25)57-47(75)39(49)40(58-59-51)26-10-14-28(62)15-11-26/h1,8-15,24,29-35,39-40,61-62H,5-7,16-23,49H2,2-3H3,(H2,50,69)(H,52,70)(H,53,71)(H,54,73)(H,55,72)(H,56,74)(H,57,75)(H,63,64)(H,65,66)(H,67,68)/t29-,30-,31-,32-,33-,34-,35-,39-,40?/m0/s1. The highest BCUT2D eigenvalue weighted by atomic mass is 16.4. The number of primary amides is 1. The molecule has 1 saturated heterocycles. The molecule has 0 bridgehead atoms. The molecule has 3 rings (SSSR count). The highest BCUT2D eigenvalue weighted by Crippen LogP contribution is 2.24. The molecular weight excluding hydrogens is 1000 g/mol. The summed E-state index contributed by atoms with van der Waals surface area (Å²) in [4.78, 5) is 148. The number of phenols is 2. The first-order chi connectivity index (χ1) is 35.8. The number of nitrogens with two attached hydrogens (primary N) is 2. The van der Waals surface area contributed by atoms with E-state index in [0.29, 0.717) is 5.56 Å². The maximum absolute atomic E-state index is 14.3. The molecule has 0 aliphatic carbocycles. The zero-order valence-corrected chi connectivity index (χ0v) is 41.4. The van der Waals surface area contributed by atoms with Gasteiger partial charge in [0.15, 0.2) is 0 Å². The van der Waals surface area contributed by atoms with Crippen molar-refractivity contribution in [3.63, 3.8) is 0 Å². The molecule has 1 aliphatic heterocycles. The number of likely N-dealkylation sites (tertiary alicyclic amines) is 1. The second-order valence-corrected chi connectivity index (χ2v) is 18.1. The lowest BCUT2D eigenvalue weighted by molar-refractivity contribution is -0.144. The molecule has 0 spiro atoms.